The van der Waals surface area contributed by atoms with Gasteiger partial charge in [-0.05, 0) is 69.8 Å². The van der Waals surface area contributed by atoms with Crippen LogP contribution in [0.4, 0.5) is 0 Å². The lowest BCUT2D eigenvalue weighted by Gasteiger charge is -2.40. The van der Waals surface area contributed by atoms with Crippen molar-refractivity contribution in [1.29, 1.82) is 0 Å². The highest BCUT2D eigenvalue weighted by Gasteiger charge is 2.39. The van der Waals surface area contributed by atoms with Crippen molar-refractivity contribution in [1.82, 2.24) is 0 Å². The Balaban J connectivity index is 2.92. The van der Waals surface area contributed by atoms with Crippen LogP contribution in [0, 0.1) is 22.7 Å². The lowest BCUT2D eigenvalue weighted by atomic mass is 9.65. The molecule has 0 aromatic carbocycles. The Bertz CT molecular complexity index is 701. The maximum atomic E-state index is 12.8. The molecule has 0 saturated heterocycles. The first-order valence-electron chi connectivity index (χ1n) is 11.8. The van der Waals surface area contributed by atoms with Crippen LogP contribution >= 0.6 is 0 Å². The molecule has 0 bridgehead atoms. The third-order valence-corrected chi connectivity index (χ3v) is 6.65. The summed E-state index contributed by atoms with van der Waals surface area (Å²) in [6, 6.07) is 0. The largest absolute Gasteiger partial charge is 0.457 e. The van der Waals surface area contributed by atoms with Gasteiger partial charge >= 0.3 is 11.9 Å². The van der Waals surface area contributed by atoms with Crippen molar-refractivity contribution in [3.63, 3.8) is 0 Å². The number of ether oxygens (including phenoxy) is 2. The predicted octanol–water partition coefficient (Wildman–Crippen LogP) is 7.03. The standard InChI is InChI=1S/C27H46O4/c1-12-25(6,7)18-21(26(8,9)13-2)19-14-16-20(17-15-19)22(28)30-27(10,11)23(29)31-24(3,4)5/h14-16,20-21H,12-13,17-18H2,1-11H3. The van der Waals surface area contributed by atoms with Gasteiger partial charge in [0.2, 0.25) is 5.60 Å². The molecular formula is C27H46O4. The Labute approximate surface area is 190 Å². The van der Waals surface area contributed by atoms with Crippen molar-refractivity contribution in [2.75, 3.05) is 0 Å². The molecule has 1 rings (SSSR count). The average molecular weight is 435 g/mol. The maximum Gasteiger partial charge on any atom is 0.350 e. The molecule has 2 atom stereocenters. The highest BCUT2D eigenvalue weighted by Crippen LogP contribution is 2.45. The number of allylic oxidation sites excluding steroid dienone is 3. The fourth-order valence-electron chi connectivity index (χ4n) is 3.63. The topological polar surface area (TPSA) is 52.6 Å². The summed E-state index contributed by atoms with van der Waals surface area (Å²) in [5, 5.41) is 0. The van der Waals surface area contributed by atoms with E-state index in [2.05, 4.69) is 53.7 Å². The van der Waals surface area contributed by atoms with Crippen LogP contribution in [0.25, 0.3) is 0 Å². The number of carbonyl (C=O) groups excluding carboxylic acids is 2. The first-order valence-corrected chi connectivity index (χ1v) is 11.8. The van der Waals surface area contributed by atoms with Crippen LogP contribution in [0.3, 0.4) is 0 Å². The summed E-state index contributed by atoms with van der Waals surface area (Å²) in [5.41, 5.74) is -0.201. The van der Waals surface area contributed by atoms with Crippen LogP contribution < -0.4 is 0 Å². The van der Waals surface area contributed by atoms with Gasteiger partial charge in [0.1, 0.15) is 5.60 Å². The van der Waals surface area contributed by atoms with Gasteiger partial charge in [-0.1, -0.05) is 72.6 Å². The number of carbonyl (C=O) groups is 2. The fourth-order valence-corrected chi connectivity index (χ4v) is 3.63. The predicted molar refractivity (Wildman–Crippen MR) is 128 cm³/mol. The van der Waals surface area contributed by atoms with E-state index in [-0.39, 0.29) is 22.7 Å². The van der Waals surface area contributed by atoms with E-state index >= 15 is 0 Å². The number of hydrogen-bond acceptors (Lipinski definition) is 4. The van der Waals surface area contributed by atoms with Crippen molar-refractivity contribution < 1.29 is 19.1 Å². The molecular weight excluding hydrogens is 388 g/mol. The van der Waals surface area contributed by atoms with Gasteiger partial charge in [0.15, 0.2) is 0 Å². The van der Waals surface area contributed by atoms with Gasteiger partial charge in [0, 0.05) is 0 Å². The van der Waals surface area contributed by atoms with Gasteiger partial charge in [-0.2, -0.15) is 0 Å². The Morgan fingerprint density at radius 2 is 1.55 bits per heavy atom. The molecule has 0 saturated carbocycles. The minimum atomic E-state index is -1.32. The van der Waals surface area contributed by atoms with Crippen molar-refractivity contribution in [3.8, 4) is 0 Å². The first-order chi connectivity index (χ1) is 13.9. The molecule has 0 aliphatic heterocycles. The highest BCUT2D eigenvalue weighted by atomic mass is 16.6. The Kier molecular flexibility index (Phi) is 8.78. The number of rotatable bonds is 9. The van der Waals surface area contributed by atoms with Gasteiger partial charge < -0.3 is 9.47 Å². The fraction of sp³-hybridized carbons (Fsp3) is 0.778. The SMILES string of the molecule is CCC(C)(C)CC(C1=CCC(C(=O)OC(C)(C)C(=O)OC(C)(C)C)C=C1)C(C)(C)CC. The molecule has 0 aromatic heterocycles. The first kappa shape index (κ1) is 27.5. The highest BCUT2D eigenvalue weighted by molar-refractivity contribution is 5.84. The molecule has 1 aliphatic rings. The number of hydrogen-bond donors (Lipinski definition) is 0. The van der Waals surface area contributed by atoms with Gasteiger partial charge in [0.25, 0.3) is 0 Å². The third-order valence-electron chi connectivity index (χ3n) is 6.65. The van der Waals surface area contributed by atoms with E-state index in [1.54, 1.807) is 34.6 Å². The molecule has 0 radical (unpaired) electrons. The smallest absolute Gasteiger partial charge is 0.350 e. The molecule has 0 spiro atoms. The van der Waals surface area contributed by atoms with Crippen LogP contribution in [-0.2, 0) is 19.1 Å². The summed E-state index contributed by atoms with van der Waals surface area (Å²) in [6.07, 6.45) is 10.2. The summed E-state index contributed by atoms with van der Waals surface area (Å²) in [6.45, 7) is 22.4. The van der Waals surface area contributed by atoms with Crippen molar-refractivity contribution in [3.05, 3.63) is 23.8 Å². The molecule has 0 fully saturated rings. The second kappa shape index (κ2) is 9.92. The second-order valence-corrected chi connectivity index (χ2v) is 12.0. The van der Waals surface area contributed by atoms with Crippen LogP contribution in [0.2, 0.25) is 0 Å². The lowest BCUT2D eigenvalue weighted by molar-refractivity contribution is -0.187. The van der Waals surface area contributed by atoms with Crippen molar-refractivity contribution in [2.24, 2.45) is 22.7 Å². The summed E-state index contributed by atoms with van der Waals surface area (Å²) in [7, 11) is 0. The van der Waals surface area contributed by atoms with Crippen LogP contribution in [0.1, 0.15) is 102 Å². The Hall–Kier alpha value is -1.58. The van der Waals surface area contributed by atoms with E-state index in [9.17, 15) is 9.59 Å². The molecule has 31 heavy (non-hydrogen) atoms. The van der Waals surface area contributed by atoms with Gasteiger partial charge in [0.05, 0.1) is 5.92 Å². The van der Waals surface area contributed by atoms with Gasteiger partial charge in [-0.25, -0.2) is 4.79 Å². The molecule has 178 valence electrons. The van der Waals surface area contributed by atoms with E-state index in [0.717, 1.165) is 19.3 Å². The Morgan fingerprint density at radius 1 is 0.968 bits per heavy atom. The molecule has 0 aromatic rings. The monoisotopic (exact) mass is 434 g/mol. The van der Waals surface area contributed by atoms with Crippen LogP contribution in [0.5, 0.6) is 0 Å². The van der Waals surface area contributed by atoms with Crippen LogP contribution in [0.15, 0.2) is 23.8 Å². The maximum absolute atomic E-state index is 12.8. The molecule has 0 amide bonds. The zero-order valence-corrected chi connectivity index (χ0v) is 21.8. The third kappa shape index (κ3) is 8.12. The normalized spacial score (nSPS) is 18.9. The molecule has 0 N–H and O–H groups in total. The summed E-state index contributed by atoms with van der Waals surface area (Å²) < 4.78 is 11.0. The minimum Gasteiger partial charge on any atom is -0.457 e. The van der Waals surface area contributed by atoms with Gasteiger partial charge in [-0.15, -0.1) is 0 Å². The van der Waals surface area contributed by atoms with Crippen molar-refractivity contribution >= 4 is 11.9 Å². The summed E-state index contributed by atoms with van der Waals surface area (Å²) >= 11 is 0. The van der Waals surface area contributed by atoms with Gasteiger partial charge in [-0.3, -0.25) is 4.79 Å². The molecule has 4 heteroatoms. The molecule has 0 heterocycles. The zero-order chi connectivity index (χ0) is 24.3. The van der Waals surface area contributed by atoms with E-state index in [0.29, 0.717) is 12.3 Å². The van der Waals surface area contributed by atoms with E-state index in [1.807, 2.05) is 6.08 Å². The van der Waals surface area contributed by atoms with Crippen molar-refractivity contribution in [2.45, 2.75) is 113 Å². The van der Waals surface area contributed by atoms with E-state index in [1.165, 1.54) is 5.57 Å². The Morgan fingerprint density at radius 3 is 1.97 bits per heavy atom. The zero-order valence-electron chi connectivity index (χ0n) is 21.8. The minimum absolute atomic E-state index is 0.175. The summed E-state index contributed by atoms with van der Waals surface area (Å²) in [4.78, 5) is 25.2. The summed E-state index contributed by atoms with van der Waals surface area (Å²) in [5.74, 6) is -0.868. The van der Waals surface area contributed by atoms with E-state index < -0.39 is 17.2 Å². The number of esters is 2. The quantitative estimate of drug-likeness (QED) is 0.365. The second-order valence-electron chi connectivity index (χ2n) is 12.0. The van der Waals surface area contributed by atoms with E-state index in [4.69, 9.17) is 9.47 Å². The van der Waals surface area contributed by atoms with Crippen LogP contribution in [-0.4, -0.2) is 23.1 Å². The average Bonchev–Trinajstić information content (AvgIpc) is 2.64. The molecule has 1 aliphatic carbocycles. The molecule has 2 unspecified atom stereocenters. The lowest BCUT2D eigenvalue weighted by Crippen LogP contribution is -2.43. The molecule has 4 nitrogen and oxygen atoms in total.